The Morgan fingerprint density at radius 2 is 2.00 bits per heavy atom. The molecule has 1 aromatic carbocycles. The Kier molecular flexibility index (Phi) is 3.27. The fourth-order valence-corrected chi connectivity index (χ4v) is 1.61. The summed E-state index contributed by atoms with van der Waals surface area (Å²) in [7, 11) is 0. The average Bonchev–Trinajstić information content (AvgIpc) is 2.68. The molecule has 6 heteroatoms. The number of hydrazine groups is 1. The van der Waals surface area contributed by atoms with Crippen LogP contribution in [0.4, 0.5) is 4.79 Å². The highest BCUT2D eigenvalue weighted by Crippen LogP contribution is 2.05. The molecular formula is C12H13N3O3. The molecule has 0 radical (unpaired) electrons. The van der Waals surface area contributed by atoms with Gasteiger partial charge in [-0.15, -0.1) is 0 Å². The zero-order valence-corrected chi connectivity index (χ0v) is 9.90. The second-order valence-electron chi connectivity index (χ2n) is 3.93. The van der Waals surface area contributed by atoms with Gasteiger partial charge in [-0.25, -0.2) is 9.80 Å². The van der Waals surface area contributed by atoms with E-state index in [2.05, 4.69) is 10.7 Å². The zero-order valence-electron chi connectivity index (χ0n) is 9.90. The third-order valence-electron chi connectivity index (χ3n) is 2.65. The number of nitrogens with one attached hydrogen (secondary N) is 2. The number of carbonyl (C=O) groups excluding carboxylic acids is 3. The molecule has 2 rings (SSSR count). The molecule has 0 spiro atoms. The number of amides is 4. The van der Waals surface area contributed by atoms with Gasteiger partial charge in [0.05, 0.1) is 0 Å². The van der Waals surface area contributed by atoms with E-state index < -0.39 is 17.8 Å². The molecule has 0 unspecified atom stereocenters. The van der Waals surface area contributed by atoms with Crippen LogP contribution >= 0.6 is 0 Å². The van der Waals surface area contributed by atoms with E-state index >= 15 is 0 Å². The van der Waals surface area contributed by atoms with Crippen molar-refractivity contribution in [1.29, 1.82) is 0 Å². The van der Waals surface area contributed by atoms with Crippen LogP contribution in [0.15, 0.2) is 24.3 Å². The Balaban J connectivity index is 2.03. The molecule has 1 heterocycles. The zero-order chi connectivity index (χ0) is 13.1. The molecule has 1 aromatic rings. The van der Waals surface area contributed by atoms with Gasteiger partial charge in [-0.05, 0) is 24.1 Å². The standard InChI is InChI=1S/C12H13N3O3/c1-2-8-3-5-9(6-4-8)11(17)14-15-7-10(16)13-12(15)18/h3-6H,2,7H2,1H3,(H,14,17)(H,13,16,18). The number of urea groups is 1. The van der Waals surface area contributed by atoms with Crippen molar-refractivity contribution in [3.05, 3.63) is 35.4 Å². The van der Waals surface area contributed by atoms with E-state index in [9.17, 15) is 14.4 Å². The van der Waals surface area contributed by atoms with Gasteiger partial charge in [-0.1, -0.05) is 19.1 Å². The number of benzene rings is 1. The number of aryl methyl sites for hydroxylation is 1. The first-order chi connectivity index (χ1) is 8.60. The summed E-state index contributed by atoms with van der Waals surface area (Å²) in [6.45, 7) is 1.87. The Labute approximate surface area is 104 Å². The fraction of sp³-hybridized carbons (Fsp3) is 0.250. The second-order valence-corrected chi connectivity index (χ2v) is 3.93. The number of rotatable bonds is 3. The second kappa shape index (κ2) is 4.87. The fourth-order valence-electron chi connectivity index (χ4n) is 1.61. The number of carbonyl (C=O) groups is 3. The molecule has 18 heavy (non-hydrogen) atoms. The van der Waals surface area contributed by atoms with Gasteiger partial charge in [0.2, 0.25) is 5.91 Å². The van der Waals surface area contributed by atoms with Crippen molar-refractivity contribution in [2.45, 2.75) is 13.3 Å². The van der Waals surface area contributed by atoms with Crippen molar-refractivity contribution < 1.29 is 14.4 Å². The number of nitrogens with zero attached hydrogens (tertiary/aromatic N) is 1. The molecule has 0 aromatic heterocycles. The highest BCUT2D eigenvalue weighted by molar-refractivity contribution is 6.03. The van der Waals surface area contributed by atoms with Gasteiger partial charge >= 0.3 is 6.03 Å². The minimum absolute atomic E-state index is 0.155. The minimum atomic E-state index is -0.612. The highest BCUT2D eigenvalue weighted by atomic mass is 16.2. The molecule has 0 atom stereocenters. The molecule has 94 valence electrons. The molecular weight excluding hydrogens is 234 g/mol. The average molecular weight is 247 g/mol. The summed E-state index contributed by atoms with van der Waals surface area (Å²) >= 11 is 0. The van der Waals surface area contributed by atoms with Crippen LogP contribution in [-0.2, 0) is 11.2 Å². The third-order valence-corrected chi connectivity index (χ3v) is 2.65. The predicted molar refractivity (Wildman–Crippen MR) is 63.5 cm³/mol. The summed E-state index contributed by atoms with van der Waals surface area (Å²) < 4.78 is 0. The van der Waals surface area contributed by atoms with Crippen molar-refractivity contribution in [3.63, 3.8) is 0 Å². The molecule has 1 aliphatic heterocycles. The molecule has 0 bridgehead atoms. The van der Waals surface area contributed by atoms with Crippen molar-refractivity contribution in [2.24, 2.45) is 0 Å². The first-order valence-electron chi connectivity index (χ1n) is 5.61. The monoisotopic (exact) mass is 247 g/mol. The van der Waals surface area contributed by atoms with Crippen molar-refractivity contribution in [3.8, 4) is 0 Å². The lowest BCUT2D eigenvalue weighted by Crippen LogP contribution is -2.44. The van der Waals surface area contributed by atoms with E-state index in [0.717, 1.165) is 17.0 Å². The maximum absolute atomic E-state index is 11.8. The molecule has 1 aliphatic rings. The van der Waals surface area contributed by atoms with Crippen LogP contribution in [0, 0.1) is 0 Å². The van der Waals surface area contributed by atoms with Crippen LogP contribution in [0.5, 0.6) is 0 Å². The van der Waals surface area contributed by atoms with Crippen LogP contribution in [-0.4, -0.2) is 29.4 Å². The maximum atomic E-state index is 11.8. The van der Waals surface area contributed by atoms with Crippen LogP contribution in [0.1, 0.15) is 22.8 Å². The molecule has 6 nitrogen and oxygen atoms in total. The first-order valence-corrected chi connectivity index (χ1v) is 5.61. The quantitative estimate of drug-likeness (QED) is 0.761. The van der Waals surface area contributed by atoms with Crippen LogP contribution in [0.25, 0.3) is 0 Å². The minimum Gasteiger partial charge on any atom is -0.275 e. The lowest BCUT2D eigenvalue weighted by atomic mass is 10.1. The van der Waals surface area contributed by atoms with Crippen molar-refractivity contribution in [1.82, 2.24) is 15.8 Å². The highest BCUT2D eigenvalue weighted by Gasteiger charge is 2.28. The Morgan fingerprint density at radius 1 is 1.33 bits per heavy atom. The maximum Gasteiger partial charge on any atom is 0.343 e. The Hall–Kier alpha value is -2.37. The van der Waals surface area contributed by atoms with Crippen LogP contribution in [0.3, 0.4) is 0 Å². The van der Waals surface area contributed by atoms with Gasteiger partial charge in [-0.3, -0.25) is 20.3 Å². The van der Waals surface area contributed by atoms with Gasteiger partial charge in [0.1, 0.15) is 6.54 Å². The normalized spacial score (nSPS) is 14.6. The lowest BCUT2D eigenvalue weighted by Gasteiger charge is -2.14. The topological polar surface area (TPSA) is 78.5 Å². The van der Waals surface area contributed by atoms with E-state index in [1.807, 2.05) is 19.1 Å². The van der Waals surface area contributed by atoms with Crippen LogP contribution in [0.2, 0.25) is 0 Å². The van der Waals surface area contributed by atoms with Crippen LogP contribution < -0.4 is 10.7 Å². The predicted octanol–water partition coefficient (Wildman–Crippen LogP) is 0.446. The summed E-state index contributed by atoms with van der Waals surface area (Å²) in [6.07, 6.45) is 0.894. The van der Waals surface area contributed by atoms with Gasteiger partial charge in [0, 0.05) is 5.56 Å². The van der Waals surface area contributed by atoms with Gasteiger partial charge in [-0.2, -0.15) is 0 Å². The molecule has 1 fully saturated rings. The largest absolute Gasteiger partial charge is 0.343 e. The van der Waals surface area contributed by atoms with E-state index in [-0.39, 0.29) is 6.54 Å². The van der Waals surface area contributed by atoms with Gasteiger partial charge in [0.25, 0.3) is 5.91 Å². The van der Waals surface area contributed by atoms with E-state index in [0.29, 0.717) is 5.56 Å². The molecule has 1 saturated heterocycles. The Morgan fingerprint density at radius 3 is 2.50 bits per heavy atom. The van der Waals surface area contributed by atoms with Crippen molar-refractivity contribution in [2.75, 3.05) is 6.54 Å². The van der Waals surface area contributed by atoms with Gasteiger partial charge < -0.3 is 0 Å². The van der Waals surface area contributed by atoms with Crippen molar-refractivity contribution >= 4 is 17.8 Å². The summed E-state index contributed by atoms with van der Waals surface area (Å²) in [5, 5.41) is 3.03. The van der Waals surface area contributed by atoms with Gasteiger partial charge in [0.15, 0.2) is 0 Å². The van der Waals surface area contributed by atoms with E-state index in [4.69, 9.17) is 0 Å². The number of imide groups is 1. The first kappa shape index (κ1) is 12.1. The summed E-state index contributed by atoms with van der Waals surface area (Å²) in [5.41, 5.74) is 3.94. The Bertz CT molecular complexity index is 496. The molecule has 2 N–H and O–H groups in total. The molecule has 4 amide bonds. The molecule has 0 saturated carbocycles. The SMILES string of the molecule is CCc1ccc(C(=O)NN2CC(=O)NC2=O)cc1. The summed E-state index contributed by atoms with van der Waals surface area (Å²) in [4.78, 5) is 34.0. The summed E-state index contributed by atoms with van der Waals surface area (Å²) in [5.74, 6) is -0.843. The number of hydrogen-bond donors (Lipinski definition) is 2. The lowest BCUT2D eigenvalue weighted by molar-refractivity contribution is -0.118. The number of hydrogen-bond acceptors (Lipinski definition) is 3. The van der Waals surface area contributed by atoms with E-state index in [1.165, 1.54) is 0 Å². The molecule has 0 aliphatic carbocycles. The van der Waals surface area contributed by atoms with E-state index in [1.54, 1.807) is 12.1 Å². The smallest absolute Gasteiger partial charge is 0.275 e. The third kappa shape index (κ3) is 2.48. The summed E-state index contributed by atoms with van der Waals surface area (Å²) in [6, 6.07) is 6.46.